The zero-order chi connectivity index (χ0) is 24.8. The van der Waals surface area contributed by atoms with Gasteiger partial charge in [0.15, 0.2) is 0 Å². The number of hydrogen-bond donors (Lipinski definition) is 1. The fraction of sp³-hybridized carbons (Fsp3) is 0.400. The fourth-order valence-corrected chi connectivity index (χ4v) is 4.68. The van der Waals surface area contributed by atoms with Crippen molar-refractivity contribution in [2.75, 3.05) is 0 Å². The smallest absolute Gasteiger partial charge is 0.336 e. The molecule has 0 aliphatic heterocycles. The second-order valence-corrected chi connectivity index (χ2v) is 9.68. The molecule has 4 aromatic rings. The number of Topliss-reactive ketones (excluding diaryl/α,β-unsaturated/α-hetero) is 1. The highest BCUT2D eigenvalue weighted by Crippen LogP contribution is 2.29. The molecule has 0 saturated carbocycles. The Labute approximate surface area is 206 Å². The van der Waals surface area contributed by atoms with Crippen molar-refractivity contribution in [1.29, 1.82) is 0 Å². The fourth-order valence-electron chi connectivity index (χ4n) is 4.68. The first-order chi connectivity index (χ1) is 16.9. The standard InChI is InChI=1S/C30H35NO4/c1-20(2)34-28-18-29-26(21(3)16-30(33)35-29)17-22(28)14-15-24(32)11-7-5-4-6-10-23-19-31-27-13-9-8-12-25(23)27/h8-9,12-13,16-20,31H,4-7,10-11,14-15H2,1-3H3. The van der Waals surface area contributed by atoms with Crippen LogP contribution in [0.5, 0.6) is 5.75 Å². The number of aromatic nitrogens is 1. The Morgan fingerprint density at radius 1 is 0.943 bits per heavy atom. The maximum atomic E-state index is 12.6. The Bertz CT molecular complexity index is 1360. The summed E-state index contributed by atoms with van der Waals surface area (Å²) in [5.74, 6) is 0.972. The van der Waals surface area contributed by atoms with Gasteiger partial charge in [-0.05, 0) is 75.3 Å². The number of H-pyrrole nitrogens is 1. The topological polar surface area (TPSA) is 72.3 Å². The molecule has 5 heteroatoms. The molecule has 0 spiro atoms. The summed E-state index contributed by atoms with van der Waals surface area (Å²) < 4.78 is 11.3. The van der Waals surface area contributed by atoms with Crippen LogP contribution in [0.3, 0.4) is 0 Å². The molecule has 4 rings (SSSR count). The lowest BCUT2D eigenvalue weighted by Gasteiger charge is -2.15. The Hall–Kier alpha value is -3.34. The average molecular weight is 474 g/mol. The van der Waals surface area contributed by atoms with E-state index in [0.717, 1.165) is 48.6 Å². The minimum Gasteiger partial charge on any atom is -0.491 e. The van der Waals surface area contributed by atoms with E-state index in [0.29, 0.717) is 30.6 Å². The van der Waals surface area contributed by atoms with Gasteiger partial charge in [0, 0.05) is 47.5 Å². The summed E-state index contributed by atoms with van der Waals surface area (Å²) in [6, 6.07) is 13.7. The number of carbonyl (C=O) groups is 1. The number of hydrogen-bond acceptors (Lipinski definition) is 4. The Morgan fingerprint density at radius 3 is 2.57 bits per heavy atom. The van der Waals surface area contributed by atoms with E-state index < -0.39 is 0 Å². The van der Waals surface area contributed by atoms with Gasteiger partial charge in [-0.3, -0.25) is 4.79 Å². The maximum absolute atomic E-state index is 12.6. The number of aromatic amines is 1. The van der Waals surface area contributed by atoms with Crippen LogP contribution < -0.4 is 10.4 Å². The van der Waals surface area contributed by atoms with Gasteiger partial charge < -0.3 is 14.1 Å². The van der Waals surface area contributed by atoms with E-state index in [1.165, 1.54) is 22.5 Å². The van der Waals surface area contributed by atoms with Gasteiger partial charge in [0.1, 0.15) is 17.1 Å². The minimum atomic E-state index is -0.366. The predicted octanol–water partition coefficient (Wildman–Crippen LogP) is 7.06. The van der Waals surface area contributed by atoms with Crippen LogP contribution in [0.2, 0.25) is 0 Å². The molecule has 0 fully saturated rings. The summed E-state index contributed by atoms with van der Waals surface area (Å²) in [7, 11) is 0. The molecule has 5 nitrogen and oxygen atoms in total. The molecule has 2 aromatic heterocycles. The molecule has 0 atom stereocenters. The van der Waals surface area contributed by atoms with E-state index in [9.17, 15) is 9.59 Å². The molecule has 0 aliphatic carbocycles. The van der Waals surface area contributed by atoms with Crippen LogP contribution in [0.15, 0.2) is 57.9 Å². The molecule has 0 unspecified atom stereocenters. The van der Waals surface area contributed by atoms with Gasteiger partial charge in [-0.2, -0.15) is 0 Å². The summed E-state index contributed by atoms with van der Waals surface area (Å²) in [5.41, 5.74) is 4.58. The number of benzene rings is 2. The summed E-state index contributed by atoms with van der Waals surface area (Å²) >= 11 is 0. The summed E-state index contributed by atoms with van der Waals surface area (Å²) in [4.78, 5) is 27.7. The molecule has 2 aromatic carbocycles. The van der Waals surface area contributed by atoms with Crippen molar-refractivity contribution in [2.45, 2.75) is 78.2 Å². The van der Waals surface area contributed by atoms with Gasteiger partial charge >= 0.3 is 5.63 Å². The van der Waals surface area contributed by atoms with Crippen LogP contribution in [0.4, 0.5) is 0 Å². The number of carbonyl (C=O) groups excluding carboxylic acids is 1. The third kappa shape index (κ3) is 6.41. The van der Waals surface area contributed by atoms with Crippen LogP contribution in [-0.2, 0) is 17.6 Å². The molecule has 1 N–H and O–H groups in total. The average Bonchev–Trinajstić information content (AvgIpc) is 3.22. The van der Waals surface area contributed by atoms with Crippen LogP contribution >= 0.6 is 0 Å². The molecule has 184 valence electrons. The zero-order valence-electron chi connectivity index (χ0n) is 21.0. The molecular weight excluding hydrogens is 438 g/mol. The van der Waals surface area contributed by atoms with Crippen LogP contribution in [0, 0.1) is 6.92 Å². The normalized spacial score (nSPS) is 11.5. The first kappa shape index (κ1) is 24.8. The lowest BCUT2D eigenvalue weighted by molar-refractivity contribution is -0.119. The van der Waals surface area contributed by atoms with E-state index in [2.05, 4.69) is 35.4 Å². The molecule has 0 bridgehead atoms. The van der Waals surface area contributed by atoms with Crippen LogP contribution in [-0.4, -0.2) is 16.9 Å². The summed E-state index contributed by atoms with van der Waals surface area (Å²) in [6.45, 7) is 5.82. The molecular formula is C30H35NO4. The molecule has 35 heavy (non-hydrogen) atoms. The molecule has 0 amide bonds. The second kappa shape index (κ2) is 11.4. The van der Waals surface area contributed by atoms with Gasteiger partial charge in [0.25, 0.3) is 0 Å². The van der Waals surface area contributed by atoms with Crippen molar-refractivity contribution < 1.29 is 13.9 Å². The van der Waals surface area contributed by atoms with Gasteiger partial charge in [0.2, 0.25) is 0 Å². The summed E-state index contributed by atoms with van der Waals surface area (Å²) in [5, 5.41) is 2.20. The zero-order valence-corrected chi connectivity index (χ0v) is 21.0. The lowest BCUT2D eigenvalue weighted by Crippen LogP contribution is -2.09. The maximum Gasteiger partial charge on any atom is 0.336 e. The third-order valence-electron chi connectivity index (χ3n) is 6.49. The monoisotopic (exact) mass is 473 g/mol. The number of unbranched alkanes of at least 4 members (excludes halogenated alkanes) is 3. The van der Waals surface area contributed by atoms with Crippen molar-refractivity contribution in [3.63, 3.8) is 0 Å². The van der Waals surface area contributed by atoms with Gasteiger partial charge in [-0.25, -0.2) is 4.79 Å². The number of nitrogens with one attached hydrogen (secondary N) is 1. The van der Waals surface area contributed by atoms with E-state index in [1.807, 2.05) is 26.8 Å². The quantitative estimate of drug-likeness (QED) is 0.176. The highest BCUT2D eigenvalue weighted by Gasteiger charge is 2.13. The highest BCUT2D eigenvalue weighted by atomic mass is 16.5. The van der Waals surface area contributed by atoms with Crippen molar-refractivity contribution in [3.8, 4) is 5.75 Å². The number of rotatable bonds is 12. The van der Waals surface area contributed by atoms with Gasteiger partial charge in [0.05, 0.1) is 6.10 Å². The SMILES string of the molecule is Cc1cc(=O)oc2cc(OC(C)C)c(CCC(=O)CCCCCCc3c[nH]c4ccccc34)cc12. The molecule has 0 aliphatic rings. The molecule has 2 heterocycles. The van der Waals surface area contributed by atoms with E-state index in [4.69, 9.17) is 9.15 Å². The third-order valence-corrected chi connectivity index (χ3v) is 6.49. The lowest BCUT2D eigenvalue weighted by atomic mass is 9.99. The van der Waals surface area contributed by atoms with Crippen molar-refractivity contribution in [1.82, 2.24) is 4.98 Å². The number of ketones is 1. The molecule has 0 radical (unpaired) electrons. The van der Waals surface area contributed by atoms with Gasteiger partial charge in [-0.15, -0.1) is 0 Å². The van der Waals surface area contributed by atoms with E-state index in [1.54, 1.807) is 6.07 Å². The van der Waals surface area contributed by atoms with Crippen molar-refractivity contribution in [2.24, 2.45) is 0 Å². The first-order valence-corrected chi connectivity index (χ1v) is 12.7. The summed E-state index contributed by atoms with van der Waals surface area (Å²) in [6.07, 6.45) is 9.19. The molecule has 0 saturated heterocycles. The van der Waals surface area contributed by atoms with E-state index in [-0.39, 0.29) is 17.5 Å². The van der Waals surface area contributed by atoms with Gasteiger partial charge in [-0.1, -0.05) is 31.0 Å². The number of fused-ring (bicyclic) bond motifs is 2. The Kier molecular flexibility index (Phi) is 8.06. The Morgan fingerprint density at radius 2 is 1.74 bits per heavy atom. The van der Waals surface area contributed by atoms with Crippen LogP contribution in [0.25, 0.3) is 21.9 Å². The highest BCUT2D eigenvalue weighted by molar-refractivity contribution is 5.84. The van der Waals surface area contributed by atoms with Crippen LogP contribution in [0.1, 0.15) is 69.1 Å². The number of ether oxygens (including phenoxy) is 1. The predicted molar refractivity (Wildman–Crippen MR) is 141 cm³/mol. The van der Waals surface area contributed by atoms with Crippen molar-refractivity contribution >= 4 is 27.7 Å². The number of para-hydroxylation sites is 1. The number of aryl methyl sites for hydroxylation is 3. The minimum absolute atomic E-state index is 0.0114. The Balaban J connectivity index is 1.25. The second-order valence-electron chi connectivity index (χ2n) is 9.68. The largest absolute Gasteiger partial charge is 0.491 e. The van der Waals surface area contributed by atoms with Crippen molar-refractivity contribution in [3.05, 3.63) is 75.8 Å². The van der Waals surface area contributed by atoms with E-state index >= 15 is 0 Å². The first-order valence-electron chi connectivity index (χ1n) is 12.7.